The third-order valence-corrected chi connectivity index (χ3v) is 10.5. The van der Waals surface area contributed by atoms with E-state index in [-0.39, 0.29) is 34.8 Å². The molecule has 4 aliphatic rings. The van der Waals surface area contributed by atoms with Gasteiger partial charge < -0.3 is 14.9 Å². The van der Waals surface area contributed by atoms with Crippen molar-refractivity contribution in [3.05, 3.63) is 11.9 Å². The molecule has 5 rings (SSSR count). The Kier molecular flexibility index (Phi) is 5.91. The quantitative estimate of drug-likeness (QED) is 0.649. The minimum atomic E-state index is -1.13. The molecule has 188 valence electrons. The molecule has 0 radical (unpaired) electrons. The smallest absolute Gasteiger partial charge is 0.358 e. The SMILES string of the molecule is COC[C@]12CC[C@@](C)(O)C[C@@H]1CC[C@H]1[C@@H]3CC[C@H](C(=O)Cn4ncc(C(=O)O)n4)[C@@]3(C)CC[C@@H]12. The summed E-state index contributed by atoms with van der Waals surface area (Å²) < 4.78 is 5.85. The van der Waals surface area contributed by atoms with Crippen LogP contribution in [0.15, 0.2) is 6.20 Å². The molecule has 2 N–H and O–H groups in total. The standard InChI is InChI=1S/C26H39N3O5/c1-24(33)10-11-26(15-34-3)16(12-24)4-5-17-18-6-7-20(25(18,2)9-8-19(17)26)22(30)14-29-27-13-21(28-29)23(31)32/h13,16-20,33H,4-12,14-15H2,1-3H3,(H,31,32)/t16-,17-,18-,19-,20+,24+,25-,26+/m0/s1. The second-order valence-electron chi connectivity index (χ2n) is 12.2. The Morgan fingerprint density at radius 2 is 1.91 bits per heavy atom. The molecule has 8 atom stereocenters. The van der Waals surface area contributed by atoms with Crippen LogP contribution in [0.25, 0.3) is 0 Å². The second kappa shape index (κ2) is 8.40. The molecule has 0 bridgehead atoms. The zero-order valence-corrected chi connectivity index (χ0v) is 20.7. The molecule has 8 nitrogen and oxygen atoms in total. The number of carbonyl (C=O) groups is 2. The van der Waals surface area contributed by atoms with E-state index in [2.05, 4.69) is 17.1 Å². The minimum Gasteiger partial charge on any atom is -0.476 e. The molecule has 0 spiro atoms. The summed E-state index contributed by atoms with van der Waals surface area (Å²) in [5, 5.41) is 27.9. The lowest BCUT2D eigenvalue weighted by atomic mass is 9.43. The van der Waals surface area contributed by atoms with E-state index in [1.807, 2.05) is 14.0 Å². The van der Waals surface area contributed by atoms with Crippen molar-refractivity contribution in [3.63, 3.8) is 0 Å². The fourth-order valence-electron chi connectivity index (χ4n) is 9.03. The lowest BCUT2D eigenvalue weighted by Crippen LogP contribution is -2.58. The normalized spacial score (nSPS) is 43.6. The van der Waals surface area contributed by atoms with Crippen molar-refractivity contribution in [1.82, 2.24) is 15.0 Å². The number of hydrogen-bond donors (Lipinski definition) is 2. The molecule has 0 unspecified atom stereocenters. The van der Waals surface area contributed by atoms with E-state index in [1.165, 1.54) is 17.4 Å². The number of Topliss-reactive ketones (excluding diaryl/α,β-unsaturated/α-hetero) is 1. The topological polar surface area (TPSA) is 115 Å². The molecule has 34 heavy (non-hydrogen) atoms. The van der Waals surface area contributed by atoms with Gasteiger partial charge in [-0.1, -0.05) is 6.92 Å². The van der Waals surface area contributed by atoms with Gasteiger partial charge in [0.05, 0.1) is 18.4 Å². The largest absolute Gasteiger partial charge is 0.476 e. The molecule has 1 aromatic heterocycles. The third kappa shape index (κ3) is 3.72. The van der Waals surface area contributed by atoms with Gasteiger partial charge in [0.2, 0.25) is 0 Å². The van der Waals surface area contributed by atoms with Gasteiger partial charge in [0.15, 0.2) is 11.5 Å². The maximum absolute atomic E-state index is 13.4. The summed E-state index contributed by atoms with van der Waals surface area (Å²) in [5.41, 5.74) is -0.572. The van der Waals surface area contributed by atoms with E-state index in [0.29, 0.717) is 23.7 Å². The predicted octanol–water partition coefficient (Wildman–Crippen LogP) is 3.58. The van der Waals surface area contributed by atoms with Crippen LogP contribution >= 0.6 is 0 Å². The van der Waals surface area contributed by atoms with Crippen LogP contribution in [-0.4, -0.2) is 56.3 Å². The fraction of sp³-hybridized carbons (Fsp3) is 0.846. The number of ether oxygens (including phenoxy) is 1. The Balaban J connectivity index is 1.35. The molecular weight excluding hydrogens is 434 g/mol. The average molecular weight is 474 g/mol. The van der Waals surface area contributed by atoms with Crippen LogP contribution in [0.5, 0.6) is 0 Å². The molecular formula is C26H39N3O5. The lowest BCUT2D eigenvalue weighted by molar-refractivity contribution is -0.175. The van der Waals surface area contributed by atoms with Crippen LogP contribution in [0.3, 0.4) is 0 Å². The fourth-order valence-corrected chi connectivity index (χ4v) is 9.03. The van der Waals surface area contributed by atoms with E-state index in [4.69, 9.17) is 9.84 Å². The summed E-state index contributed by atoms with van der Waals surface area (Å²) >= 11 is 0. The van der Waals surface area contributed by atoms with Gasteiger partial charge in [-0.2, -0.15) is 9.90 Å². The maximum atomic E-state index is 13.4. The highest BCUT2D eigenvalue weighted by Crippen LogP contribution is 2.68. The summed E-state index contributed by atoms with van der Waals surface area (Å²) in [4.78, 5) is 25.7. The molecule has 1 aromatic rings. The van der Waals surface area contributed by atoms with Gasteiger partial charge in [0.25, 0.3) is 0 Å². The molecule has 4 fully saturated rings. The number of aromatic carboxylic acids is 1. The van der Waals surface area contributed by atoms with Gasteiger partial charge in [-0.05, 0) is 99.2 Å². The molecule has 1 heterocycles. The van der Waals surface area contributed by atoms with Crippen LogP contribution in [0.4, 0.5) is 0 Å². The third-order valence-electron chi connectivity index (χ3n) is 10.5. The lowest BCUT2D eigenvalue weighted by Gasteiger charge is -2.62. The Hall–Kier alpha value is -1.80. The van der Waals surface area contributed by atoms with E-state index in [0.717, 1.165) is 58.0 Å². The number of aliphatic hydroxyl groups is 1. The Bertz CT molecular complexity index is 960. The molecule has 0 amide bonds. The molecule has 8 heteroatoms. The number of rotatable bonds is 6. The summed E-state index contributed by atoms with van der Waals surface area (Å²) in [5.74, 6) is 1.21. The highest BCUT2D eigenvalue weighted by Gasteiger charge is 2.63. The van der Waals surface area contributed by atoms with Crippen molar-refractivity contribution in [1.29, 1.82) is 0 Å². The molecule has 4 aliphatic carbocycles. The van der Waals surface area contributed by atoms with Gasteiger partial charge >= 0.3 is 5.97 Å². The number of aromatic nitrogens is 3. The number of ketones is 1. The number of fused-ring (bicyclic) bond motifs is 5. The molecule has 0 aliphatic heterocycles. The van der Waals surface area contributed by atoms with Gasteiger partial charge in [-0.3, -0.25) is 4.79 Å². The number of carbonyl (C=O) groups excluding carboxylic acids is 1. The zero-order chi connectivity index (χ0) is 24.3. The highest BCUT2D eigenvalue weighted by molar-refractivity contribution is 5.85. The van der Waals surface area contributed by atoms with Crippen LogP contribution in [0.2, 0.25) is 0 Å². The molecule has 0 aromatic carbocycles. The molecule has 4 saturated carbocycles. The first kappa shape index (κ1) is 23.9. The first-order valence-electron chi connectivity index (χ1n) is 13.0. The number of nitrogens with zero attached hydrogens (tertiary/aromatic N) is 3. The second-order valence-corrected chi connectivity index (χ2v) is 12.2. The predicted molar refractivity (Wildman–Crippen MR) is 124 cm³/mol. The van der Waals surface area contributed by atoms with Crippen molar-refractivity contribution in [3.8, 4) is 0 Å². The van der Waals surface area contributed by atoms with Crippen molar-refractivity contribution in [2.75, 3.05) is 13.7 Å². The van der Waals surface area contributed by atoms with Gasteiger partial charge in [-0.25, -0.2) is 4.79 Å². The van der Waals surface area contributed by atoms with Gasteiger partial charge in [0.1, 0.15) is 6.54 Å². The first-order chi connectivity index (χ1) is 16.1. The van der Waals surface area contributed by atoms with Gasteiger partial charge in [0, 0.05) is 13.0 Å². The number of hydrogen-bond acceptors (Lipinski definition) is 6. The number of methoxy groups -OCH3 is 1. The van der Waals surface area contributed by atoms with Crippen molar-refractivity contribution >= 4 is 11.8 Å². The highest BCUT2D eigenvalue weighted by atomic mass is 16.5. The van der Waals surface area contributed by atoms with Gasteiger partial charge in [-0.15, -0.1) is 5.10 Å². The van der Waals surface area contributed by atoms with E-state index in [9.17, 15) is 14.7 Å². The Morgan fingerprint density at radius 3 is 2.62 bits per heavy atom. The van der Waals surface area contributed by atoms with Crippen LogP contribution in [0, 0.1) is 40.4 Å². The van der Waals surface area contributed by atoms with Crippen molar-refractivity contribution < 1.29 is 24.5 Å². The van der Waals surface area contributed by atoms with E-state index < -0.39 is 11.6 Å². The van der Waals surface area contributed by atoms with E-state index >= 15 is 0 Å². The monoisotopic (exact) mass is 473 g/mol. The first-order valence-corrected chi connectivity index (χ1v) is 13.0. The Morgan fingerprint density at radius 1 is 1.12 bits per heavy atom. The Labute approximate surface area is 201 Å². The summed E-state index contributed by atoms with van der Waals surface area (Å²) in [6, 6.07) is 0. The number of carboxylic acids is 1. The van der Waals surface area contributed by atoms with Crippen molar-refractivity contribution in [2.24, 2.45) is 40.4 Å². The van der Waals surface area contributed by atoms with Crippen LogP contribution in [0.1, 0.15) is 82.1 Å². The maximum Gasteiger partial charge on any atom is 0.358 e. The minimum absolute atomic E-state index is 0.0255. The van der Waals surface area contributed by atoms with Crippen LogP contribution in [-0.2, 0) is 16.1 Å². The number of carboxylic acid groups (broad SMARTS) is 1. The van der Waals surface area contributed by atoms with Crippen molar-refractivity contribution in [2.45, 2.75) is 83.8 Å². The summed E-state index contributed by atoms with van der Waals surface area (Å²) in [7, 11) is 1.82. The van der Waals surface area contributed by atoms with E-state index in [1.54, 1.807) is 0 Å². The van der Waals surface area contributed by atoms with Crippen LogP contribution < -0.4 is 0 Å². The summed E-state index contributed by atoms with van der Waals surface area (Å²) in [6.45, 7) is 5.13. The average Bonchev–Trinajstić information content (AvgIpc) is 3.38. The zero-order valence-electron chi connectivity index (χ0n) is 20.7. The molecule has 0 saturated heterocycles. The summed E-state index contributed by atoms with van der Waals surface area (Å²) in [6.07, 6.45) is 10.4.